The molecule has 0 bridgehead atoms. The maximum absolute atomic E-state index is 12.8. The van der Waals surface area contributed by atoms with E-state index in [1.165, 1.54) is 30.5 Å². The van der Waals surface area contributed by atoms with Crippen LogP contribution in [0.1, 0.15) is 19.4 Å². The van der Waals surface area contributed by atoms with Crippen molar-refractivity contribution in [2.45, 2.75) is 20.0 Å². The van der Waals surface area contributed by atoms with E-state index in [-0.39, 0.29) is 24.4 Å². The highest BCUT2D eigenvalue weighted by atomic mass is 19.1. The molecule has 0 heterocycles. The van der Waals surface area contributed by atoms with Gasteiger partial charge in [-0.2, -0.15) is 0 Å². The van der Waals surface area contributed by atoms with Gasteiger partial charge in [0.1, 0.15) is 11.6 Å². The Labute approximate surface area is 140 Å². The largest absolute Gasteiger partial charge is 0.490 e. The van der Waals surface area contributed by atoms with Crippen LogP contribution in [0, 0.1) is 5.82 Å². The minimum absolute atomic E-state index is 0.0435. The Morgan fingerprint density at radius 3 is 2.62 bits per heavy atom. The van der Waals surface area contributed by atoms with Crippen molar-refractivity contribution < 1.29 is 18.8 Å². The molecule has 0 saturated heterocycles. The summed E-state index contributed by atoms with van der Waals surface area (Å²) in [4.78, 5) is 16.7. The van der Waals surface area contributed by atoms with Crippen LogP contribution in [0.2, 0.25) is 0 Å². The van der Waals surface area contributed by atoms with E-state index in [0.717, 1.165) is 5.56 Å². The third-order valence-electron chi connectivity index (χ3n) is 2.87. The Morgan fingerprint density at radius 2 is 1.92 bits per heavy atom. The summed E-state index contributed by atoms with van der Waals surface area (Å²) in [5.74, 6) is -0.0581. The van der Waals surface area contributed by atoms with Crippen molar-refractivity contribution in [3.8, 4) is 5.75 Å². The molecule has 1 N–H and O–H groups in total. The quantitative estimate of drug-likeness (QED) is 0.623. The maximum atomic E-state index is 12.8. The van der Waals surface area contributed by atoms with E-state index in [9.17, 15) is 9.18 Å². The summed E-state index contributed by atoms with van der Waals surface area (Å²) in [6.07, 6.45) is 1.53. The summed E-state index contributed by atoms with van der Waals surface area (Å²) in [5, 5.41) is 6.36. The minimum atomic E-state index is -0.384. The summed E-state index contributed by atoms with van der Waals surface area (Å²) in [5.41, 5.74) is 1.25. The number of amides is 1. The van der Waals surface area contributed by atoms with Crippen LogP contribution in [-0.4, -0.2) is 24.8 Å². The van der Waals surface area contributed by atoms with E-state index in [2.05, 4.69) is 10.5 Å². The number of carbonyl (C=O) groups excluding carboxylic acids is 1. The van der Waals surface area contributed by atoms with Crippen LogP contribution >= 0.6 is 0 Å². The first kappa shape index (κ1) is 17.5. The summed E-state index contributed by atoms with van der Waals surface area (Å²) >= 11 is 0. The normalized spacial score (nSPS) is 10.8. The van der Waals surface area contributed by atoms with E-state index in [1.807, 2.05) is 38.1 Å². The average Bonchev–Trinajstić information content (AvgIpc) is 2.55. The van der Waals surface area contributed by atoms with Gasteiger partial charge in [0, 0.05) is 11.3 Å². The number of para-hydroxylation sites is 1. The fraction of sp³-hybridized carbons (Fsp3) is 0.222. The Balaban J connectivity index is 1.84. The molecule has 0 fully saturated rings. The Hall–Kier alpha value is -2.89. The maximum Gasteiger partial charge on any atom is 0.265 e. The first-order valence-corrected chi connectivity index (χ1v) is 7.51. The Bertz CT molecular complexity index is 700. The SMILES string of the molecule is CC(C)Oc1ccccc1/C=N/OCC(=O)Nc1ccc(F)cc1. The molecule has 0 atom stereocenters. The Morgan fingerprint density at radius 1 is 1.21 bits per heavy atom. The number of nitrogens with zero attached hydrogens (tertiary/aromatic N) is 1. The van der Waals surface area contributed by atoms with Crippen LogP contribution in [0.25, 0.3) is 0 Å². The first-order valence-electron chi connectivity index (χ1n) is 7.51. The highest BCUT2D eigenvalue weighted by Gasteiger charge is 2.04. The monoisotopic (exact) mass is 330 g/mol. The molecule has 5 nitrogen and oxygen atoms in total. The highest BCUT2D eigenvalue weighted by molar-refractivity contribution is 5.91. The molecule has 0 radical (unpaired) electrons. The molecule has 24 heavy (non-hydrogen) atoms. The van der Waals surface area contributed by atoms with Crippen LogP contribution in [-0.2, 0) is 9.63 Å². The standard InChI is InChI=1S/C18H19FN2O3/c1-13(2)24-17-6-4-3-5-14(17)11-20-23-12-18(22)21-16-9-7-15(19)8-10-16/h3-11,13H,12H2,1-2H3,(H,21,22)/b20-11+. The zero-order chi connectivity index (χ0) is 17.4. The lowest BCUT2D eigenvalue weighted by molar-refractivity contribution is -0.120. The number of anilines is 1. The van der Waals surface area contributed by atoms with Crippen molar-refractivity contribution >= 4 is 17.8 Å². The molecule has 0 unspecified atom stereocenters. The molecule has 6 heteroatoms. The smallest absolute Gasteiger partial charge is 0.265 e. The molecule has 1 amide bonds. The van der Waals surface area contributed by atoms with Gasteiger partial charge >= 0.3 is 0 Å². The molecular weight excluding hydrogens is 311 g/mol. The van der Waals surface area contributed by atoms with E-state index < -0.39 is 0 Å². The summed E-state index contributed by atoms with van der Waals surface area (Å²) in [7, 11) is 0. The molecule has 0 aromatic heterocycles. The van der Waals surface area contributed by atoms with Gasteiger partial charge < -0.3 is 14.9 Å². The molecule has 2 rings (SSSR count). The number of hydrogen-bond acceptors (Lipinski definition) is 4. The topological polar surface area (TPSA) is 59.9 Å². The summed E-state index contributed by atoms with van der Waals surface area (Å²) in [6.45, 7) is 3.62. The van der Waals surface area contributed by atoms with Crippen molar-refractivity contribution in [2.24, 2.45) is 5.16 Å². The predicted octanol–water partition coefficient (Wildman–Crippen LogP) is 3.60. The molecule has 2 aromatic carbocycles. The number of nitrogens with one attached hydrogen (secondary N) is 1. The third kappa shape index (κ3) is 5.72. The Kier molecular flexibility index (Phi) is 6.31. The van der Waals surface area contributed by atoms with Crippen molar-refractivity contribution in [1.29, 1.82) is 0 Å². The molecule has 0 saturated carbocycles. The van der Waals surface area contributed by atoms with Crippen LogP contribution in [0.15, 0.2) is 53.7 Å². The number of ether oxygens (including phenoxy) is 1. The van der Waals surface area contributed by atoms with Gasteiger partial charge in [-0.25, -0.2) is 4.39 Å². The molecule has 126 valence electrons. The van der Waals surface area contributed by atoms with E-state index in [4.69, 9.17) is 9.57 Å². The lowest BCUT2D eigenvalue weighted by Gasteiger charge is -2.11. The van der Waals surface area contributed by atoms with E-state index in [0.29, 0.717) is 11.4 Å². The van der Waals surface area contributed by atoms with Crippen LogP contribution < -0.4 is 10.1 Å². The van der Waals surface area contributed by atoms with Gasteiger partial charge in [-0.15, -0.1) is 0 Å². The van der Waals surface area contributed by atoms with Crippen molar-refractivity contribution in [3.05, 3.63) is 59.9 Å². The second kappa shape index (κ2) is 8.67. The van der Waals surface area contributed by atoms with Gasteiger partial charge in [0.05, 0.1) is 12.3 Å². The molecule has 0 aliphatic carbocycles. The molecule has 0 aliphatic rings. The van der Waals surface area contributed by atoms with Crippen LogP contribution in [0.4, 0.5) is 10.1 Å². The zero-order valence-corrected chi connectivity index (χ0v) is 13.5. The first-order chi connectivity index (χ1) is 11.5. The molecule has 0 spiro atoms. The molecule has 0 aliphatic heterocycles. The van der Waals surface area contributed by atoms with Gasteiger partial charge in [-0.3, -0.25) is 4.79 Å². The van der Waals surface area contributed by atoms with Crippen molar-refractivity contribution in [1.82, 2.24) is 0 Å². The number of carbonyl (C=O) groups is 1. The van der Waals surface area contributed by atoms with E-state index >= 15 is 0 Å². The van der Waals surface area contributed by atoms with Crippen molar-refractivity contribution in [3.63, 3.8) is 0 Å². The van der Waals surface area contributed by atoms with Gasteiger partial charge in [0.25, 0.3) is 5.91 Å². The lowest BCUT2D eigenvalue weighted by atomic mass is 10.2. The van der Waals surface area contributed by atoms with Gasteiger partial charge in [0.2, 0.25) is 0 Å². The fourth-order valence-electron chi connectivity index (χ4n) is 1.87. The van der Waals surface area contributed by atoms with Crippen LogP contribution in [0.5, 0.6) is 5.75 Å². The zero-order valence-electron chi connectivity index (χ0n) is 13.5. The number of rotatable bonds is 7. The minimum Gasteiger partial charge on any atom is -0.490 e. The summed E-state index contributed by atoms with van der Waals surface area (Å²) in [6, 6.07) is 12.9. The molecule has 2 aromatic rings. The van der Waals surface area contributed by atoms with Gasteiger partial charge in [-0.1, -0.05) is 17.3 Å². The number of hydrogen-bond donors (Lipinski definition) is 1. The highest BCUT2D eigenvalue weighted by Crippen LogP contribution is 2.17. The van der Waals surface area contributed by atoms with Crippen molar-refractivity contribution in [2.75, 3.05) is 11.9 Å². The lowest BCUT2D eigenvalue weighted by Crippen LogP contribution is -2.16. The summed E-state index contributed by atoms with van der Waals surface area (Å²) < 4.78 is 18.4. The van der Waals surface area contributed by atoms with E-state index in [1.54, 1.807) is 0 Å². The predicted molar refractivity (Wildman–Crippen MR) is 90.8 cm³/mol. The second-order valence-corrected chi connectivity index (χ2v) is 5.27. The average molecular weight is 330 g/mol. The fourth-order valence-corrected chi connectivity index (χ4v) is 1.87. The molecular formula is C18H19FN2O3. The van der Waals surface area contributed by atoms with Gasteiger partial charge in [0.15, 0.2) is 6.61 Å². The second-order valence-electron chi connectivity index (χ2n) is 5.27. The number of oxime groups is 1. The van der Waals surface area contributed by atoms with Crippen LogP contribution in [0.3, 0.4) is 0 Å². The third-order valence-corrected chi connectivity index (χ3v) is 2.87. The number of benzene rings is 2. The van der Waals surface area contributed by atoms with Gasteiger partial charge in [-0.05, 0) is 50.2 Å². The number of halogens is 1.